The van der Waals surface area contributed by atoms with E-state index in [0.29, 0.717) is 39.3 Å². The second kappa shape index (κ2) is 9.79. The zero-order valence-electron chi connectivity index (χ0n) is 19.5. The quantitative estimate of drug-likeness (QED) is 0.419. The molecule has 2 fully saturated rings. The van der Waals surface area contributed by atoms with Gasteiger partial charge in [0, 0.05) is 29.8 Å². The predicted octanol–water partition coefficient (Wildman–Crippen LogP) is 5.55. The number of benzene rings is 2. The lowest BCUT2D eigenvalue weighted by molar-refractivity contribution is -0.111. The molecule has 2 N–H and O–H groups in total. The van der Waals surface area contributed by atoms with Gasteiger partial charge in [-0.2, -0.15) is 0 Å². The highest BCUT2D eigenvalue weighted by atomic mass is 35.5. The maximum atomic E-state index is 13.5. The Morgan fingerprint density at radius 2 is 2.00 bits per heavy atom. The number of hydrogen-bond donors (Lipinski definition) is 2. The summed E-state index contributed by atoms with van der Waals surface area (Å²) >= 11 is 5.91. The molecule has 5 rings (SSSR count). The van der Waals surface area contributed by atoms with E-state index in [9.17, 15) is 9.18 Å². The lowest BCUT2D eigenvalue weighted by atomic mass is 9.94. The first-order chi connectivity index (χ1) is 16.9. The van der Waals surface area contributed by atoms with Gasteiger partial charge in [0.2, 0.25) is 5.91 Å². The van der Waals surface area contributed by atoms with Gasteiger partial charge in [0.05, 0.1) is 23.3 Å². The van der Waals surface area contributed by atoms with Gasteiger partial charge in [0.1, 0.15) is 23.7 Å². The van der Waals surface area contributed by atoms with Crippen LogP contribution in [0.4, 0.5) is 21.6 Å². The number of rotatable bonds is 7. The highest BCUT2D eigenvalue weighted by Gasteiger charge is 2.44. The lowest BCUT2D eigenvalue weighted by Gasteiger charge is -2.31. The van der Waals surface area contributed by atoms with Gasteiger partial charge in [-0.25, -0.2) is 14.4 Å². The summed E-state index contributed by atoms with van der Waals surface area (Å²) in [6.45, 7) is 2.96. The normalized spacial score (nSPS) is 17.1. The Balaban J connectivity index is 1.30. The first-order valence-electron chi connectivity index (χ1n) is 11.7. The average Bonchev–Trinajstić information content (AvgIpc) is 3.61. The third-order valence-electron chi connectivity index (χ3n) is 6.90. The van der Waals surface area contributed by atoms with Crippen LogP contribution in [0.1, 0.15) is 25.7 Å². The Hall–Kier alpha value is -3.23. The molecule has 1 aromatic heterocycles. The maximum absolute atomic E-state index is 13.5. The van der Waals surface area contributed by atoms with Crippen molar-refractivity contribution in [1.29, 1.82) is 0 Å². The number of carbonyl (C=O) groups is 1. The third-order valence-corrected chi connectivity index (χ3v) is 7.19. The molecular formula is C26H27ClFN5O2. The summed E-state index contributed by atoms with van der Waals surface area (Å²) in [4.78, 5) is 23.7. The first-order valence-corrected chi connectivity index (χ1v) is 12.1. The Bertz CT molecular complexity index is 1280. The molecule has 9 heteroatoms. The standard InChI is InChI=1S/C26H27ClFN5O2/c1-35-23-15-21-18(25(30-16-29-21)31-17-4-5-20(28)19(27)13-17)14-22(23)32-24(34)3-2-10-33-11-8-26(6-7-26)9-12-33/h2-5,13-16H,6-12H2,1H3,(H,32,34)(H,29,30,31). The number of fused-ring (bicyclic) bond motifs is 1. The van der Waals surface area contributed by atoms with E-state index in [-0.39, 0.29) is 10.9 Å². The number of aromatic nitrogens is 2. The molecule has 1 aliphatic heterocycles. The number of piperidine rings is 1. The molecule has 0 unspecified atom stereocenters. The summed E-state index contributed by atoms with van der Waals surface area (Å²) in [5.74, 6) is 0.235. The third kappa shape index (κ3) is 5.39. The molecule has 7 nitrogen and oxygen atoms in total. The van der Waals surface area contributed by atoms with Gasteiger partial charge in [0.15, 0.2) is 0 Å². The number of carbonyl (C=O) groups excluding carboxylic acids is 1. The van der Waals surface area contributed by atoms with E-state index in [0.717, 1.165) is 19.6 Å². The molecule has 0 bridgehead atoms. The van der Waals surface area contributed by atoms with E-state index in [2.05, 4.69) is 25.5 Å². The molecule has 2 aromatic carbocycles. The summed E-state index contributed by atoms with van der Waals surface area (Å²) < 4.78 is 19.0. The van der Waals surface area contributed by atoms with Gasteiger partial charge in [-0.15, -0.1) is 0 Å². The lowest BCUT2D eigenvalue weighted by Crippen LogP contribution is -2.34. The predicted molar refractivity (Wildman–Crippen MR) is 136 cm³/mol. The van der Waals surface area contributed by atoms with Crippen LogP contribution in [-0.4, -0.2) is 47.5 Å². The van der Waals surface area contributed by atoms with Crippen molar-refractivity contribution in [3.05, 3.63) is 59.7 Å². The second-order valence-electron chi connectivity index (χ2n) is 9.24. The monoisotopic (exact) mass is 495 g/mol. The van der Waals surface area contributed by atoms with Crippen LogP contribution in [0.15, 0.2) is 48.8 Å². The average molecular weight is 496 g/mol. The Kier molecular flexibility index (Phi) is 6.58. The molecule has 182 valence electrons. The highest BCUT2D eigenvalue weighted by Crippen LogP contribution is 2.53. The van der Waals surface area contributed by atoms with Crippen molar-refractivity contribution in [2.75, 3.05) is 37.4 Å². The fraction of sp³-hybridized carbons (Fsp3) is 0.346. The smallest absolute Gasteiger partial charge is 0.248 e. The van der Waals surface area contributed by atoms with Crippen LogP contribution in [0, 0.1) is 11.2 Å². The minimum Gasteiger partial charge on any atom is -0.494 e. The van der Waals surface area contributed by atoms with Gasteiger partial charge in [0.25, 0.3) is 0 Å². The number of ether oxygens (including phenoxy) is 1. The minimum atomic E-state index is -0.500. The van der Waals surface area contributed by atoms with Gasteiger partial charge in [-0.05, 0) is 68.5 Å². The van der Waals surface area contributed by atoms with Crippen molar-refractivity contribution in [2.24, 2.45) is 5.41 Å². The van der Waals surface area contributed by atoms with Gasteiger partial charge < -0.3 is 15.4 Å². The Morgan fingerprint density at radius 3 is 2.71 bits per heavy atom. The summed E-state index contributed by atoms with van der Waals surface area (Å²) in [6, 6.07) is 7.82. The van der Waals surface area contributed by atoms with Crippen molar-refractivity contribution < 1.29 is 13.9 Å². The maximum Gasteiger partial charge on any atom is 0.248 e. The molecule has 0 atom stereocenters. The number of halogens is 2. The van der Waals surface area contributed by atoms with Crippen molar-refractivity contribution in [3.8, 4) is 5.75 Å². The van der Waals surface area contributed by atoms with E-state index >= 15 is 0 Å². The fourth-order valence-corrected chi connectivity index (χ4v) is 4.71. The summed E-state index contributed by atoms with van der Waals surface area (Å²) in [7, 11) is 1.54. The molecule has 3 aromatic rings. The van der Waals surface area contributed by atoms with Crippen LogP contribution in [0.3, 0.4) is 0 Å². The topological polar surface area (TPSA) is 79.4 Å². The molecular weight excluding hydrogens is 469 g/mol. The first kappa shape index (κ1) is 23.5. The molecule has 2 aliphatic rings. The van der Waals surface area contributed by atoms with Crippen LogP contribution < -0.4 is 15.4 Å². The zero-order valence-corrected chi connectivity index (χ0v) is 20.2. The Morgan fingerprint density at radius 1 is 1.20 bits per heavy atom. The zero-order chi connectivity index (χ0) is 24.4. The van der Waals surface area contributed by atoms with E-state index in [1.165, 1.54) is 51.3 Å². The molecule has 1 saturated carbocycles. The molecule has 35 heavy (non-hydrogen) atoms. The minimum absolute atomic E-state index is 0.00590. The van der Waals surface area contributed by atoms with Crippen LogP contribution in [0.2, 0.25) is 5.02 Å². The van der Waals surface area contributed by atoms with Crippen LogP contribution in [0.25, 0.3) is 10.9 Å². The fourth-order valence-electron chi connectivity index (χ4n) is 4.53. The number of methoxy groups -OCH3 is 1. The highest BCUT2D eigenvalue weighted by molar-refractivity contribution is 6.31. The molecule has 1 saturated heterocycles. The summed E-state index contributed by atoms with van der Waals surface area (Å²) in [6.07, 6.45) is 10.2. The van der Waals surface area contributed by atoms with E-state index < -0.39 is 5.82 Å². The van der Waals surface area contributed by atoms with Gasteiger partial charge in [-0.1, -0.05) is 17.7 Å². The van der Waals surface area contributed by atoms with Crippen molar-refractivity contribution in [3.63, 3.8) is 0 Å². The summed E-state index contributed by atoms with van der Waals surface area (Å²) in [5, 5.41) is 6.71. The van der Waals surface area contributed by atoms with Crippen molar-refractivity contribution >= 4 is 45.6 Å². The van der Waals surface area contributed by atoms with E-state index in [1.807, 2.05) is 6.08 Å². The van der Waals surface area contributed by atoms with Crippen molar-refractivity contribution in [1.82, 2.24) is 14.9 Å². The van der Waals surface area contributed by atoms with Crippen LogP contribution in [0.5, 0.6) is 5.75 Å². The number of nitrogens with one attached hydrogen (secondary N) is 2. The molecule has 1 spiro atoms. The van der Waals surface area contributed by atoms with Crippen molar-refractivity contribution in [2.45, 2.75) is 25.7 Å². The number of anilines is 3. The van der Waals surface area contributed by atoms with Crippen LogP contribution in [-0.2, 0) is 4.79 Å². The second-order valence-corrected chi connectivity index (χ2v) is 9.65. The molecule has 1 aliphatic carbocycles. The van der Waals surface area contributed by atoms with E-state index in [4.69, 9.17) is 16.3 Å². The molecule has 2 heterocycles. The van der Waals surface area contributed by atoms with Gasteiger partial charge in [-0.3, -0.25) is 9.69 Å². The molecule has 1 amide bonds. The van der Waals surface area contributed by atoms with Crippen LogP contribution >= 0.6 is 11.6 Å². The SMILES string of the molecule is COc1cc2ncnc(Nc3ccc(F)c(Cl)c3)c2cc1NC(=O)C=CCN1CCC2(CC1)CC2. The molecule has 0 radical (unpaired) electrons. The van der Waals surface area contributed by atoms with Gasteiger partial charge >= 0.3 is 0 Å². The number of hydrogen-bond acceptors (Lipinski definition) is 6. The Labute approximate surface area is 208 Å². The number of likely N-dealkylation sites (tertiary alicyclic amines) is 1. The van der Waals surface area contributed by atoms with E-state index in [1.54, 1.807) is 24.3 Å². The largest absolute Gasteiger partial charge is 0.494 e. The summed E-state index contributed by atoms with van der Waals surface area (Å²) in [5.41, 5.74) is 2.34. The number of nitrogens with zero attached hydrogens (tertiary/aromatic N) is 3. The number of amides is 1.